The van der Waals surface area contributed by atoms with E-state index in [1.54, 1.807) is 0 Å². The van der Waals surface area contributed by atoms with E-state index in [2.05, 4.69) is 24.1 Å². The Balaban J connectivity index is 1.82. The smallest absolute Gasteiger partial charge is 0.238 e. The summed E-state index contributed by atoms with van der Waals surface area (Å²) in [6, 6.07) is 7.49. The lowest BCUT2D eigenvalue weighted by atomic mass is 10.2. The summed E-state index contributed by atoms with van der Waals surface area (Å²) in [6.07, 6.45) is 1.08. The molecule has 1 aliphatic heterocycles. The van der Waals surface area contributed by atoms with Gasteiger partial charge in [0.05, 0.1) is 19.8 Å². The molecule has 1 atom stereocenters. The summed E-state index contributed by atoms with van der Waals surface area (Å²) < 4.78 is 11.1. The Hall–Kier alpha value is -1.59. The maximum Gasteiger partial charge on any atom is 0.238 e. The van der Waals surface area contributed by atoms with Crippen molar-refractivity contribution in [1.29, 1.82) is 0 Å². The highest BCUT2D eigenvalue weighted by Gasteiger charge is 2.17. The second-order valence-electron chi connectivity index (χ2n) is 5.14. The molecule has 1 aromatic rings. The van der Waals surface area contributed by atoms with Crippen molar-refractivity contribution in [3.05, 3.63) is 24.3 Å². The molecule has 0 aliphatic carbocycles. The number of ether oxygens (including phenoxy) is 2. The summed E-state index contributed by atoms with van der Waals surface area (Å²) in [4.78, 5) is 14.0. The van der Waals surface area contributed by atoms with Gasteiger partial charge in [0, 0.05) is 12.1 Å². The van der Waals surface area contributed by atoms with Gasteiger partial charge in [-0.05, 0) is 37.4 Å². The number of rotatable bonds is 7. The number of carbonyl (C=O) groups excluding carboxylic acids is 1. The Kier molecular flexibility index (Phi) is 6.02. The fourth-order valence-electron chi connectivity index (χ4n) is 2.27. The minimum Gasteiger partial charge on any atom is -0.488 e. The number of carbonyl (C=O) groups is 1. The van der Waals surface area contributed by atoms with Gasteiger partial charge in [-0.1, -0.05) is 13.8 Å². The third-order valence-electron chi connectivity index (χ3n) is 3.59. The number of anilines is 1. The van der Waals surface area contributed by atoms with E-state index < -0.39 is 0 Å². The first-order valence-electron chi connectivity index (χ1n) is 7.58. The van der Waals surface area contributed by atoms with Gasteiger partial charge in [-0.2, -0.15) is 0 Å². The minimum atomic E-state index is 0.0107. The Morgan fingerprint density at radius 3 is 2.62 bits per heavy atom. The molecule has 0 spiro atoms. The predicted octanol–water partition coefficient (Wildman–Crippen LogP) is 2.13. The largest absolute Gasteiger partial charge is 0.488 e. The van der Waals surface area contributed by atoms with Crippen molar-refractivity contribution in [3.63, 3.8) is 0 Å². The summed E-state index contributed by atoms with van der Waals surface area (Å²) in [6.45, 7) is 7.70. The summed E-state index contributed by atoms with van der Waals surface area (Å²) >= 11 is 0. The monoisotopic (exact) mass is 292 g/mol. The zero-order valence-corrected chi connectivity index (χ0v) is 12.8. The van der Waals surface area contributed by atoms with Crippen LogP contribution in [0.5, 0.6) is 5.75 Å². The summed E-state index contributed by atoms with van der Waals surface area (Å²) in [5.41, 5.74) is 0.794. The Morgan fingerprint density at radius 2 is 2.05 bits per heavy atom. The van der Waals surface area contributed by atoms with Gasteiger partial charge in [-0.15, -0.1) is 0 Å². The molecule has 116 valence electrons. The summed E-state index contributed by atoms with van der Waals surface area (Å²) in [5, 5.41) is 2.90. The molecule has 2 rings (SSSR count). The molecule has 0 aromatic heterocycles. The average molecular weight is 292 g/mol. The van der Waals surface area contributed by atoms with Crippen LogP contribution in [0, 0.1) is 0 Å². The lowest BCUT2D eigenvalue weighted by Gasteiger charge is -2.17. The highest BCUT2D eigenvalue weighted by atomic mass is 16.5. The van der Waals surface area contributed by atoms with E-state index in [9.17, 15) is 4.79 Å². The van der Waals surface area contributed by atoms with Gasteiger partial charge in [0.1, 0.15) is 11.9 Å². The van der Waals surface area contributed by atoms with E-state index in [0.29, 0.717) is 13.2 Å². The van der Waals surface area contributed by atoms with Gasteiger partial charge in [0.15, 0.2) is 0 Å². The molecule has 1 saturated heterocycles. The van der Waals surface area contributed by atoms with E-state index in [4.69, 9.17) is 9.47 Å². The molecule has 0 saturated carbocycles. The first-order chi connectivity index (χ1) is 10.2. The van der Waals surface area contributed by atoms with Crippen LogP contribution in [-0.2, 0) is 9.53 Å². The number of hydrogen-bond acceptors (Lipinski definition) is 4. The Bertz CT molecular complexity index is 437. The zero-order valence-electron chi connectivity index (χ0n) is 12.8. The highest BCUT2D eigenvalue weighted by molar-refractivity contribution is 5.92. The highest BCUT2D eigenvalue weighted by Crippen LogP contribution is 2.19. The van der Waals surface area contributed by atoms with Crippen molar-refractivity contribution >= 4 is 11.6 Å². The van der Waals surface area contributed by atoms with Gasteiger partial charge >= 0.3 is 0 Å². The lowest BCUT2D eigenvalue weighted by molar-refractivity contribution is -0.117. The molecule has 1 fully saturated rings. The SMILES string of the molecule is CCN(CC)CC(=O)Nc1ccc(O[C@@H]2CCOC2)cc1. The number of benzene rings is 1. The fraction of sp³-hybridized carbons (Fsp3) is 0.562. The van der Waals surface area contributed by atoms with Crippen molar-refractivity contribution in [2.75, 3.05) is 38.2 Å². The van der Waals surface area contributed by atoms with Crippen molar-refractivity contribution < 1.29 is 14.3 Å². The maximum absolute atomic E-state index is 11.9. The molecule has 0 bridgehead atoms. The molecule has 1 aliphatic rings. The standard InChI is InChI=1S/C16H24N2O3/c1-3-18(4-2)11-16(19)17-13-5-7-14(8-6-13)21-15-9-10-20-12-15/h5-8,15H,3-4,9-12H2,1-2H3,(H,17,19)/t15-/m1/s1. The van der Waals surface area contributed by atoms with E-state index in [0.717, 1.165) is 37.6 Å². The van der Waals surface area contributed by atoms with Crippen LogP contribution in [-0.4, -0.2) is 49.8 Å². The van der Waals surface area contributed by atoms with Crippen molar-refractivity contribution in [2.24, 2.45) is 0 Å². The molecule has 21 heavy (non-hydrogen) atoms. The topological polar surface area (TPSA) is 50.8 Å². The van der Waals surface area contributed by atoms with Crippen LogP contribution in [0.25, 0.3) is 0 Å². The second kappa shape index (κ2) is 8.00. The van der Waals surface area contributed by atoms with Gasteiger partial charge in [-0.25, -0.2) is 0 Å². The van der Waals surface area contributed by atoms with Crippen molar-refractivity contribution in [1.82, 2.24) is 4.90 Å². The van der Waals surface area contributed by atoms with E-state index in [1.807, 2.05) is 24.3 Å². The van der Waals surface area contributed by atoms with Gasteiger partial charge < -0.3 is 14.8 Å². The predicted molar refractivity (Wildman–Crippen MR) is 82.7 cm³/mol. The van der Waals surface area contributed by atoms with E-state index in [-0.39, 0.29) is 12.0 Å². The molecule has 1 aromatic carbocycles. The normalized spacial score (nSPS) is 18.0. The third-order valence-corrected chi connectivity index (χ3v) is 3.59. The van der Waals surface area contributed by atoms with Crippen molar-refractivity contribution in [3.8, 4) is 5.75 Å². The van der Waals surface area contributed by atoms with Crippen LogP contribution in [0.2, 0.25) is 0 Å². The van der Waals surface area contributed by atoms with Gasteiger partial charge in [-0.3, -0.25) is 9.69 Å². The molecule has 1 N–H and O–H groups in total. The lowest BCUT2D eigenvalue weighted by Crippen LogP contribution is -2.32. The second-order valence-corrected chi connectivity index (χ2v) is 5.14. The van der Waals surface area contributed by atoms with Crippen molar-refractivity contribution in [2.45, 2.75) is 26.4 Å². The first-order valence-corrected chi connectivity index (χ1v) is 7.58. The van der Waals surface area contributed by atoms with Gasteiger partial charge in [0.25, 0.3) is 0 Å². The summed E-state index contributed by atoms with van der Waals surface area (Å²) in [7, 11) is 0. The maximum atomic E-state index is 11.9. The quantitative estimate of drug-likeness (QED) is 0.836. The Morgan fingerprint density at radius 1 is 1.33 bits per heavy atom. The molecule has 1 heterocycles. The van der Waals surface area contributed by atoms with Crippen LogP contribution in [0.1, 0.15) is 20.3 Å². The van der Waals surface area contributed by atoms with Crippen LogP contribution >= 0.6 is 0 Å². The third kappa shape index (κ3) is 5.02. The minimum absolute atomic E-state index is 0.0107. The van der Waals surface area contributed by atoms with E-state index in [1.165, 1.54) is 0 Å². The molecule has 5 nitrogen and oxygen atoms in total. The first kappa shape index (κ1) is 15.8. The number of hydrogen-bond donors (Lipinski definition) is 1. The molecule has 5 heteroatoms. The number of amides is 1. The molecular formula is C16H24N2O3. The van der Waals surface area contributed by atoms with E-state index >= 15 is 0 Å². The van der Waals surface area contributed by atoms with Crippen LogP contribution < -0.4 is 10.1 Å². The number of likely N-dealkylation sites (N-methyl/N-ethyl adjacent to an activating group) is 1. The van der Waals surface area contributed by atoms with Crippen LogP contribution in [0.15, 0.2) is 24.3 Å². The molecule has 1 amide bonds. The molecule has 0 unspecified atom stereocenters. The number of nitrogens with zero attached hydrogens (tertiary/aromatic N) is 1. The zero-order chi connectivity index (χ0) is 15.1. The Labute approximate surface area is 126 Å². The molecular weight excluding hydrogens is 268 g/mol. The fourth-order valence-corrected chi connectivity index (χ4v) is 2.27. The molecule has 0 radical (unpaired) electrons. The van der Waals surface area contributed by atoms with Crippen LogP contribution in [0.4, 0.5) is 5.69 Å². The number of nitrogens with one attached hydrogen (secondary N) is 1. The summed E-state index contributed by atoms with van der Waals surface area (Å²) in [5.74, 6) is 0.823. The average Bonchev–Trinajstić information content (AvgIpc) is 3.00. The van der Waals surface area contributed by atoms with Gasteiger partial charge in [0.2, 0.25) is 5.91 Å². The van der Waals surface area contributed by atoms with Crippen LogP contribution in [0.3, 0.4) is 0 Å².